The molecule has 0 aromatic rings. The summed E-state index contributed by atoms with van der Waals surface area (Å²) in [7, 11) is 0. The van der Waals surface area contributed by atoms with E-state index in [1.54, 1.807) is 0 Å². The highest BCUT2D eigenvalue weighted by molar-refractivity contribution is 7.80. The van der Waals surface area contributed by atoms with Crippen LogP contribution in [0.4, 0.5) is 0 Å². The zero-order valence-electron chi connectivity index (χ0n) is 23.9. The summed E-state index contributed by atoms with van der Waals surface area (Å²) in [6.45, 7) is 5.15. The normalized spacial score (nSPS) is 11.1. The fourth-order valence-electron chi connectivity index (χ4n) is 3.70. The van der Waals surface area contributed by atoms with Gasteiger partial charge < -0.3 is 21.7 Å². The van der Waals surface area contributed by atoms with Crippen molar-refractivity contribution in [3.63, 3.8) is 0 Å². The van der Waals surface area contributed by atoms with Crippen molar-refractivity contribution in [1.29, 1.82) is 0 Å². The molecule has 0 heterocycles. The van der Waals surface area contributed by atoms with Gasteiger partial charge in [-0.05, 0) is 38.0 Å². The Labute approximate surface area is 229 Å². The second-order valence-electron chi connectivity index (χ2n) is 9.79. The van der Waals surface area contributed by atoms with Crippen LogP contribution in [0.15, 0.2) is 0 Å². The molecule has 0 aromatic heterocycles. The lowest BCUT2D eigenvalue weighted by Gasteiger charge is -2.05. The molecule has 218 valence electrons. The highest BCUT2D eigenvalue weighted by Gasteiger charge is 1.98. The van der Waals surface area contributed by atoms with Crippen molar-refractivity contribution < 1.29 is 19.8 Å². The maximum Gasteiger partial charge on any atom is 0.303 e. The summed E-state index contributed by atoms with van der Waals surface area (Å²) >= 11 is 4.03. The number of aliphatic carboxylic acids is 2. The number of thiol groups is 1. The van der Waals surface area contributed by atoms with Crippen molar-refractivity contribution in [3.05, 3.63) is 0 Å². The fourth-order valence-corrected chi connectivity index (χ4v) is 4.03. The summed E-state index contributed by atoms with van der Waals surface area (Å²) in [5.74, 6) is -0.456. The molecule has 0 radical (unpaired) electrons. The van der Waals surface area contributed by atoms with E-state index in [9.17, 15) is 9.59 Å². The molecular weight excluding hydrogens is 472 g/mol. The van der Waals surface area contributed by atoms with E-state index in [2.05, 4.69) is 26.5 Å². The van der Waals surface area contributed by atoms with Gasteiger partial charge in [-0.1, -0.05) is 117 Å². The molecule has 0 spiro atoms. The first-order valence-corrected chi connectivity index (χ1v) is 15.5. The van der Waals surface area contributed by atoms with Crippen molar-refractivity contribution in [1.82, 2.24) is 0 Å². The molecule has 0 saturated carbocycles. The van der Waals surface area contributed by atoms with E-state index in [1.807, 2.05) is 0 Å². The average molecular weight is 535 g/mol. The SMILES string of the molecule is CCCCCCCCCCCC(=O)O.CCCCCCCCCCCC(=O)O.NCCC(N)CCS. The highest BCUT2D eigenvalue weighted by Crippen LogP contribution is 2.11. The number of hydrogen-bond acceptors (Lipinski definition) is 5. The van der Waals surface area contributed by atoms with Crippen LogP contribution in [-0.4, -0.2) is 40.5 Å². The van der Waals surface area contributed by atoms with Gasteiger partial charge >= 0.3 is 11.9 Å². The predicted octanol–water partition coefficient (Wildman–Crippen LogP) is 7.97. The van der Waals surface area contributed by atoms with Crippen LogP contribution in [0, 0.1) is 0 Å². The minimum absolute atomic E-state index is 0.262. The summed E-state index contributed by atoms with van der Waals surface area (Å²) in [5.41, 5.74) is 10.8. The standard InChI is InChI=1S/2C12H24O2.C5H14N2S/c2*1-2-3-4-5-6-7-8-9-10-11-12(13)14;6-3-1-5(7)2-4-8/h2*2-11H2,1H3,(H,13,14);5,8H,1-4,6-7H2. The van der Waals surface area contributed by atoms with E-state index in [0.29, 0.717) is 19.4 Å². The molecule has 0 aliphatic rings. The Hall–Kier alpha value is -0.790. The lowest BCUT2D eigenvalue weighted by atomic mass is 10.1. The lowest BCUT2D eigenvalue weighted by Crippen LogP contribution is -2.23. The van der Waals surface area contributed by atoms with Gasteiger partial charge in [0.05, 0.1) is 0 Å². The van der Waals surface area contributed by atoms with Crippen LogP contribution in [0.5, 0.6) is 0 Å². The van der Waals surface area contributed by atoms with Gasteiger partial charge in [0.25, 0.3) is 0 Å². The van der Waals surface area contributed by atoms with E-state index in [1.165, 1.54) is 89.9 Å². The molecule has 0 amide bonds. The van der Waals surface area contributed by atoms with Crippen LogP contribution in [0.1, 0.15) is 155 Å². The van der Waals surface area contributed by atoms with Crippen molar-refractivity contribution in [2.75, 3.05) is 12.3 Å². The van der Waals surface area contributed by atoms with Gasteiger partial charge in [-0.3, -0.25) is 9.59 Å². The Morgan fingerprint density at radius 1 is 0.611 bits per heavy atom. The van der Waals surface area contributed by atoms with Gasteiger partial charge in [-0.25, -0.2) is 0 Å². The van der Waals surface area contributed by atoms with E-state index in [0.717, 1.165) is 44.3 Å². The zero-order valence-corrected chi connectivity index (χ0v) is 24.8. The fraction of sp³-hybridized carbons (Fsp3) is 0.931. The number of carboxylic acid groups (broad SMARTS) is 2. The third kappa shape index (κ3) is 46.5. The van der Waals surface area contributed by atoms with Gasteiger partial charge in [-0.15, -0.1) is 0 Å². The average Bonchev–Trinajstić information content (AvgIpc) is 2.83. The molecule has 6 nitrogen and oxygen atoms in total. The molecule has 36 heavy (non-hydrogen) atoms. The smallest absolute Gasteiger partial charge is 0.303 e. The molecule has 0 aliphatic carbocycles. The first-order valence-electron chi connectivity index (χ1n) is 14.9. The van der Waals surface area contributed by atoms with Crippen LogP contribution in [-0.2, 0) is 9.59 Å². The molecular formula is C29H62N2O4S. The number of carboxylic acids is 2. The van der Waals surface area contributed by atoms with Crippen LogP contribution in [0.2, 0.25) is 0 Å². The Kier molecular flexibility index (Phi) is 40.1. The van der Waals surface area contributed by atoms with Crippen LogP contribution in [0.25, 0.3) is 0 Å². The molecule has 6 N–H and O–H groups in total. The molecule has 0 saturated heterocycles. The first-order chi connectivity index (χ1) is 17.3. The largest absolute Gasteiger partial charge is 0.481 e. The van der Waals surface area contributed by atoms with Crippen molar-refractivity contribution in [3.8, 4) is 0 Å². The molecule has 1 atom stereocenters. The maximum absolute atomic E-state index is 10.2. The minimum Gasteiger partial charge on any atom is -0.481 e. The predicted molar refractivity (Wildman–Crippen MR) is 159 cm³/mol. The van der Waals surface area contributed by atoms with Crippen molar-refractivity contribution in [2.45, 2.75) is 161 Å². The lowest BCUT2D eigenvalue weighted by molar-refractivity contribution is -0.138. The van der Waals surface area contributed by atoms with Crippen LogP contribution >= 0.6 is 12.6 Å². The van der Waals surface area contributed by atoms with Crippen LogP contribution < -0.4 is 11.5 Å². The maximum atomic E-state index is 10.2. The second-order valence-corrected chi connectivity index (χ2v) is 10.2. The summed E-state index contributed by atoms with van der Waals surface area (Å²) in [6.07, 6.45) is 24.8. The Morgan fingerprint density at radius 3 is 1.17 bits per heavy atom. The molecule has 0 aliphatic heterocycles. The molecule has 0 aromatic carbocycles. The highest BCUT2D eigenvalue weighted by atomic mass is 32.1. The topological polar surface area (TPSA) is 127 Å². The zero-order chi connectivity index (χ0) is 27.7. The third-order valence-electron chi connectivity index (χ3n) is 6.03. The Bertz CT molecular complexity index is 401. The molecule has 0 fully saturated rings. The molecule has 0 bridgehead atoms. The van der Waals surface area contributed by atoms with Gasteiger partial charge in [0, 0.05) is 18.9 Å². The van der Waals surface area contributed by atoms with E-state index < -0.39 is 11.9 Å². The number of rotatable bonds is 24. The summed E-state index contributed by atoms with van der Waals surface area (Å²) in [6, 6.07) is 0.262. The van der Waals surface area contributed by atoms with E-state index >= 15 is 0 Å². The van der Waals surface area contributed by atoms with Crippen molar-refractivity contribution in [2.24, 2.45) is 11.5 Å². The number of carbonyl (C=O) groups is 2. The monoisotopic (exact) mass is 534 g/mol. The molecule has 1 unspecified atom stereocenters. The number of nitrogens with two attached hydrogens (primary N) is 2. The number of unbranched alkanes of at least 4 members (excludes halogenated alkanes) is 16. The van der Waals surface area contributed by atoms with E-state index in [-0.39, 0.29) is 6.04 Å². The molecule has 7 heteroatoms. The summed E-state index contributed by atoms with van der Waals surface area (Å²) in [4.78, 5) is 20.4. The minimum atomic E-state index is -0.659. The molecule has 0 rings (SSSR count). The van der Waals surface area contributed by atoms with Crippen LogP contribution in [0.3, 0.4) is 0 Å². The second kappa shape index (κ2) is 36.4. The van der Waals surface area contributed by atoms with Gasteiger partial charge in [-0.2, -0.15) is 12.6 Å². The Morgan fingerprint density at radius 2 is 0.917 bits per heavy atom. The van der Waals surface area contributed by atoms with Crippen molar-refractivity contribution >= 4 is 24.6 Å². The van der Waals surface area contributed by atoms with Gasteiger partial charge in [0.15, 0.2) is 0 Å². The quantitative estimate of drug-likeness (QED) is 0.0631. The Balaban J connectivity index is -0.000000472. The van der Waals surface area contributed by atoms with E-state index in [4.69, 9.17) is 21.7 Å². The summed E-state index contributed by atoms with van der Waals surface area (Å²) in [5, 5.41) is 16.8. The first kappa shape index (κ1) is 39.7. The third-order valence-corrected chi connectivity index (χ3v) is 6.28. The number of hydrogen-bond donors (Lipinski definition) is 5. The summed E-state index contributed by atoms with van der Waals surface area (Å²) < 4.78 is 0. The van der Waals surface area contributed by atoms with Gasteiger partial charge in [0.2, 0.25) is 0 Å². The van der Waals surface area contributed by atoms with Gasteiger partial charge in [0.1, 0.15) is 0 Å².